The molecule has 0 aliphatic carbocycles. The smallest absolute Gasteiger partial charge is 0.144 e. The van der Waals surface area contributed by atoms with Crippen molar-refractivity contribution >= 4 is 12.1 Å². The normalized spacial score (nSPS) is 9.60. The van der Waals surface area contributed by atoms with Crippen molar-refractivity contribution in [1.82, 2.24) is 0 Å². The van der Waals surface area contributed by atoms with Crippen LogP contribution in [0.5, 0.6) is 0 Å². The average Bonchev–Trinajstić information content (AvgIpc) is 2.21. The van der Waals surface area contributed by atoms with Gasteiger partial charge in [0.05, 0.1) is 6.42 Å². The molecule has 1 aromatic rings. The van der Waals surface area contributed by atoms with Crippen molar-refractivity contribution in [3.05, 3.63) is 48.0 Å². The summed E-state index contributed by atoms with van der Waals surface area (Å²) < 4.78 is 0. The van der Waals surface area contributed by atoms with E-state index in [1.54, 1.807) is 0 Å². The van der Waals surface area contributed by atoms with Crippen molar-refractivity contribution in [1.29, 1.82) is 0 Å². The third-order valence-electron chi connectivity index (χ3n) is 2.18. The molecule has 78 valence electrons. The fraction of sp³-hybridized carbons (Fsp3) is 0.231. The monoisotopic (exact) mass is 202 g/mol. The van der Waals surface area contributed by atoms with Crippen LogP contribution in [0.2, 0.25) is 0 Å². The fourth-order valence-electron chi connectivity index (χ4n) is 1.46. The molecule has 0 amide bonds. The van der Waals surface area contributed by atoms with Crippen molar-refractivity contribution < 1.29 is 9.59 Å². The van der Waals surface area contributed by atoms with Gasteiger partial charge in [0.2, 0.25) is 0 Å². The second-order valence-electron chi connectivity index (χ2n) is 3.35. The number of hydrogen-bond acceptors (Lipinski definition) is 2. The van der Waals surface area contributed by atoms with E-state index in [1.807, 2.05) is 30.3 Å². The van der Waals surface area contributed by atoms with Crippen molar-refractivity contribution in [2.45, 2.75) is 19.3 Å². The van der Waals surface area contributed by atoms with E-state index in [9.17, 15) is 9.59 Å². The van der Waals surface area contributed by atoms with Crippen molar-refractivity contribution in [2.24, 2.45) is 0 Å². The van der Waals surface area contributed by atoms with E-state index in [0.717, 1.165) is 17.5 Å². The molecule has 0 spiro atoms. The van der Waals surface area contributed by atoms with Gasteiger partial charge in [-0.25, -0.2) is 0 Å². The van der Waals surface area contributed by atoms with E-state index in [4.69, 9.17) is 0 Å². The van der Waals surface area contributed by atoms with Crippen LogP contribution in [0.25, 0.3) is 0 Å². The number of ketones is 1. The zero-order valence-corrected chi connectivity index (χ0v) is 8.61. The molecule has 0 fully saturated rings. The topological polar surface area (TPSA) is 34.1 Å². The van der Waals surface area contributed by atoms with Crippen molar-refractivity contribution in [3.8, 4) is 0 Å². The Labute approximate surface area is 89.6 Å². The Morgan fingerprint density at radius 3 is 2.53 bits per heavy atom. The van der Waals surface area contributed by atoms with Crippen LogP contribution in [-0.4, -0.2) is 12.1 Å². The second-order valence-corrected chi connectivity index (χ2v) is 3.35. The minimum Gasteiger partial charge on any atom is -0.303 e. The standard InChI is InChI=1S/C13H14O2/c1-2-5-11-6-3-4-7-12(11)10-13(15)8-9-14/h2-4,6-7,9H,1,5,8,10H2. The molecule has 1 rings (SSSR count). The van der Waals surface area contributed by atoms with Gasteiger partial charge in [-0.15, -0.1) is 6.58 Å². The minimum absolute atomic E-state index is 0.00240. The van der Waals surface area contributed by atoms with Gasteiger partial charge in [0.1, 0.15) is 12.1 Å². The van der Waals surface area contributed by atoms with E-state index in [-0.39, 0.29) is 12.2 Å². The van der Waals surface area contributed by atoms with Gasteiger partial charge in [-0.3, -0.25) is 4.79 Å². The quantitative estimate of drug-likeness (QED) is 0.402. The molecule has 1 aromatic carbocycles. The van der Waals surface area contributed by atoms with Crippen molar-refractivity contribution in [2.75, 3.05) is 0 Å². The molecule has 15 heavy (non-hydrogen) atoms. The Morgan fingerprint density at radius 1 is 1.27 bits per heavy atom. The van der Waals surface area contributed by atoms with Crippen LogP contribution in [0.1, 0.15) is 17.5 Å². The van der Waals surface area contributed by atoms with Crippen LogP contribution >= 0.6 is 0 Å². The van der Waals surface area contributed by atoms with Crippen LogP contribution in [0.3, 0.4) is 0 Å². The number of rotatable bonds is 6. The molecule has 0 aliphatic rings. The van der Waals surface area contributed by atoms with Gasteiger partial charge in [0, 0.05) is 6.42 Å². The number of Topliss-reactive ketones (excluding diaryl/α,β-unsaturated/α-hetero) is 1. The average molecular weight is 202 g/mol. The van der Waals surface area contributed by atoms with E-state index in [0.29, 0.717) is 12.7 Å². The predicted molar refractivity (Wildman–Crippen MR) is 59.7 cm³/mol. The molecule has 0 N–H and O–H groups in total. The lowest BCUT2D eigenvalue weighted by atomic mass is 9.99. The van der Waals surface area contributed by atoms with Gasteiger partial charge in [-0.2, -0.15) is 0 Å². The van der Waals surface area contributed by atoms with Gasteiger partial charge in [0.25, 0.3) is 0 Å². The summed E-state index contributed by atoms with van der Waals surface area (Å²) in [6.45, 7) is 3.67. The van der Waals surface area contributed by atoms with E-state index in [1.165, 1.54) is 0 Å². The first kappa shape index (κ1) is 11.4. The molecule has 0 heterocycles. The number of hydrogen-bond donors (Lipinski definition) is 0. The van der Waals surface area contributed by atoms with E-state index < -0.39 is 0 Å². The molecule has 0 bridgehead atoms. The van der Waals surface area contributed by atoms with Gasteiger partial charge in [0.15, 0.2) is 0 Å². The van der Waals surface area contributed by atoms with Crippen LogP contribution in [0.4, 0.5) is 0 Å². The Bertz CT molecular complexity index is 367. The summed E-state index contributed by atoms with van der Waals surface area (Å²) in [7, 11) is 0. The van der Waals surface area contributed by atoms with E-state index in [2.05, 4.69) is 6.58 Å². The number of carbonyl (C=O) groups excluding carboxylic acids is 2. The highest BCUT2D eigenvalue weighted by atomic mass is 16.1. The lowest BCUT2D eigenvalue weighted by Gasteiger charge is -2.05. The highest BCUT2D eigenvalue weighted by molar-refractivity contribution is 5.91. The number of carbonyl (C=O) groups is 2. The van der Waals surface area contributed by atoms with Crippen LogP contribution < -0.4 is 0 Å². The summed E-state index contributed by atoms with van der Waals surface area (Å²) in [5.74, 6) is -0.0403. The molecule has 2 nitrogen and oxygen atoms in total. The third kappa shape index (κ3) is 3.50. The molecule has 2 heteroatoms. The summed E-state index contributed by atoms with van der Waals surface area (Å²) in [6.07, 6.45) is 3.55. The molecular formula is C13H14O2. The fourth-order valence-corrected chi connectivity index (χ4v) is 1.46. The zero-order valence-electron chi connectivity index (χ0n) is 8.61. The summed E-state index contributed by atoms with van der Waals surface area (Å²) in [4.78, 5) is 21.5. The Kier molecular flexibility index (Phi) is 4.48. The SMILES string of the molecule is C=CCc1ccccc1CC(=O)CC=O. The summed E-state index contributed by atoms with van der Waals surface area (Å²) in [5, 5.41) is 0. The molecule has 0 aromatic heterocycles. The van der Waals surface area contributed by atoms with Gasteiger partial charge >= 0.3 is 0 Å². The van der Waals surface area contributed by atoms with E-state index >= 15 is 0 Å². The summed E-state index contributed by atoms with van der Waals surface area (Å²) >= 11 is 0. The zero-order chi connectivity index (χ0) is 11.1. The Hall–Kier alpha value is -1.70. The molecule has 0 radical (unpaired) electrons. The predicted octanol–water partition coefficient (Wildman–Crippen LogP) is 2.12. The second kappa shape index (κ2) is 5.91. The largest absolute Gasteiger partial charge is 0.303 e. The minimum atomic E-state index is -0.0403. The third-order valence-corrected chi connectivity index (χ3v) is 2.18. The Morgan fingerprint density at radius 2 is 1.93 bits per heavy atom. The molecule has 0 unspecified atom stereocenters. The summed E-state index contributed by atoms with van der Waals surface area (Å²) in [5.41, 5.74) is 2.09. The molecule has 0 atom stereocenters. The maximum absolute atomic E-state index is 11.3. The number of allylic oxidation sites excluding steroid dienone is 1. The van der Waals surface area contributed by atoms with Gasteiger partial charge < -0.3 is 4.79 Å². The molecule has 0 aliphatic heterocycles. The maximum Gasteiger partial charge on any atom is 0.144 e. The van der Waals surface area contributed by atoms with Gasteiger partial charge in [-0.1, -0.05) is 30.3 Å². The Balaban J connectivity index is 2.78. The van der Waals surface area contributed by atoms with Crippen LogP contribution in [0.15, 0.2) is 36.9 Å². The lowest BCUT2D eigenvalue weighted by molar-refractivity contribution is -0.121. The molecule has 0 saturated heterocycles. The summed E-state index contributed by atoms with van der Waals surface area (Å²) in [6, 6.07) is 7.73. The van der Waals surface area contributed by atoms with Gasteiger partial charge in [-0.05, 0) is 17.5 Å². The number of aldehydes is 1. The highest BCUT2D eigenvalue weighted by Crippen LogP contribution is 2.11. The number of benzene rings is 1. The van der Waals surface area contributed by atoms with Crippen LogP contribution in [-0.2, 0) is 22.4 Å². The molecular weight excluding hydrogens is 188 g/mol. The first-order valence-electron chi connectivity index (χ1n) is 4.91. The maximum atomic E-state index is 11.3. The van der Waals surface area contributed by atoms with Crippen LogP contribution in [0, 0.1) is 0 Å². The van der Waals surface area contributed by atoms with Crippen molar-refractivity contribution in [3.63, 3.8) is 0 Å². The molecule has 0 saturated carbocycles. The highest BCUT2D eigenvalue weighted by Gasteiger charge is 2.06. The first-order valence-corrected chi connectivity index (χ1v) is 4.91. The first-order chi connectivity index (χ1) is 7.27. The lowest BCUT2D eigenvalue weighted by Crippen LogP contribution is -2.05.